The van der Waals surface area contributed by atoms with Crippen LogP contribution in [0.15, 0.2) is 18.2 Å². The molecule has 0 spiro atoms. The number of alkyl halides is 2. The van der Waals surface area contributed by atoms with Crippen molar-refractivity contribution in [1.82, 2.24) is 4.72 Å². The third-order valence-electron chi connectivity index (χ3n) is 2.81. The van der Waals surface area contributed by atoms with E-state index in [0.717, 1.165) is 6.07 Å². The summed E-state index contributed by atoms with van der Waals surface area (Å²) in [7, 11) is -1.41. The molecule has 0 amide bonds. The number of nitrogens with one attached hydrogen (secondary N) is 1. The lowest BCUT2D eigenvalue weighted by Crippen LogP contribution is -2.35. The van der Waals surface area contributed by atoms with Gasteiger partial charge in [-0.3, -0.25) is 0 Å². The molecule has 0 saturated heterocycles. The van der Waals surface area contributed by atoms with E-state index in [9.17, 15) is 17.4 Å². The van der Waals surface area contributed by atoms with Crippen LogP contribution in [-0.2, 0) is 16.9 Å². The molecule has 0 aliphatic carbocycles. The number of hydrogen-bond acceptors (Lipinski definition) is 1. The molecule has 1 rings (SSSR count). The summed E-state index contributed by atoms with van der Waals surface area (Å²) in [5, 5.41) is 0. The molecule has 1 aromatic rings. The Morgan fingerprint density at radius 3 is 2.20 bits per heavy atom. The number of benzene rings is 1. The van der Waals surface area contributed by atoms with Gasteiger partial charge in [0.25, 0.3) is 5.92 Å². The van der Waals surface area contributed by atoms with E-state index in [4.69, 9.17) is 0 Å². The molecule has 0 saturated carbocycles. The molecule has 0 aromatic heterocycles. The summed E-state index contributed by atoms with van der Waals surface area (Å²) in [6.45, 7) is 7.57. The van der Waals surface area contributed by atoms with Crippen LogP contribution in [-0.4, -0.2) is 8.96 Å². The van der Waals surface area contributed by atoms with Gasteiger partial charge in [0.2, 0.25) is 0 Å². The van der Waals surface area contributed by atoms with Gasteiger partial charge in [-0.05, 0) is 27.7 Å². The van der Waals surface area contributed by atoms with Crippen molar-refractivity contribution in [3.05, 3.63) is 35.1 Å². The zero-order chi connectivity index (χ0) is 15.7. The average Bonchev–Trinajstić information content (AvgIpc) is 2.26. The molecule has 0 bridgehead atoms. The topological polar surface area (TPSA) is 29.1 Å². The highest BCUT2D eigenvalue weighted by Gasteiger charge is 2.31. The highest BCUT2D eigenvalue weighted by Crippen LogP contribution is 2.32. The van der Waals surface area contributed by atoms with Crippen molar-refractivity contribution in [3.63, 3.8) is 0 Å². The van der Waals surface area contributed by atoms with E-state index in [1.165, 1.54) is 12.1 Å². The van der Waals surface area contributed by atoms with E-state index in [0.29, 0.717) is 6.92 Å². The second-order valence-corrected chi connectivity index (χ2v) is 7.82. The summed E-state index contributed by atoms with van der Waals surface area (Å²) >= 11 is 0. The average molecular weight is 307 g/mol. The maximum absolute atomic E-state index is 14.1. The van der Waals surface area contributed by atoms with Crippen LogP contribution in [0.4, 0.5) is 13.2 Å². The normalized spacial score (nSPS) is 16.0. The standard InChI is InChI=1S/C14H20F3NOS/c1-9(18-20(19)13(2,3)4)10-7-6-8-11(12(10)15)14(5,16)17/h6-9,18H,1-5H3/t9-,20+/m1/s1. The van der Waals surface area contributed by atoms with E-state index in [1.54, 1.807) is 27.7 Å². The fourth-order valence-electron chi connectivity index (χ4n) is 1.62. The third-order valence-corrected chi connectivity index (χ3v) is 4.49. The van der Waals surface area contributed by atoms with Gasteiger partial charge in [-0.15, -0.1) is 0 Å². The second kappa shape index (κ2) is 5.85. The van der Waals surface area contributed by atoms with Gasteiger partial charge in [-0.25, -0.2) is 22.1 Å². The smallest absolute Gasteiger partial charge is 0.242 e. The first-order chi connectivity index (χ1) is 8.94. The molecule has 0 aliphatic rings. The van der Waals surface area contributed by atoms with Crippen molar-refractivity contribution in [2.75, 3.05) is 0 Å². The van der Waals surface area contributed by atoms with E-state index in [2.05, 4.69) is 4.72 Å². The Kier molecular flexibility index (Phi) is 5.03. The Morgan fingerprint density at radius 1 is 1.20 bits per heavy atom. The van der Waals surface area contributed by atoms with Crippen LogP contribution >= 0.6 is 0 Å². The molecule has 0 heterocycles. The molecule has 20 heavy (non-hydrogen) atoms. The van der Waals surface area contributed by atoms with Crippen molar-refractivity contribution < 1.29 is 17.4 Å². The second-order valence-electron chi connectivity index (χ2n) is 5.82. The predicted molar refractivity (Wildman–Crippen MR) is 75.4 cm³/mol. The van der Waals surface area contributed by atoms with Gasteiger partial charge in [0.15, 0.2) is 0 Å². The van der Waals surface area contributed by atoms with E-state index >= 15 is 0 Å². The lowest BCUT2D eigenvalue weighted by Gasteiger charge is -2.23. The Labute approximate surface area is 120 Å². The number of rotatable bonds is 4. The lowest BCUT2D eigenvalue weighted by molar-refractivity contribution is 0.0135. The Bertz CT molecular complexity index is 506. The molecular weight excluding hydrogens is 287 g/mol. The summed E-state index contributed by atoms with van der Waals surface area (Å²) in [5.41, 5.74) is -0.563. The SMILES string of the molecule is C[C@@H](N[S@@](=O)C(C)(C)C)c1cccc(C(C)(F)F)c1F. The molecule has 114 valence electrons. The minimum atomic E-state index is -3.25. The van der Waals surface area contributed by atoms with Gasteiger partial charge in [0.1, 0.15) is 5.82 Å². The molecule has 6 heteroatoms. The summed E-state index contributed by atoms with van der Waals surface area (Å²) in [6.07, 6.45) is 0. The van der Waals surface area contributed by atoms with Crippen LogP contribution in [0, 0.1) is 5.82 Å². The monoisotopic (exact) mass is 307 g/mol. The van der Waals surface area contributed by atoms with Gasteiger partial charge in [-0.2, -0.15) is 0 Å². The number of halogens is 3. The van der Waals surface area contributed by atoms with Crippen molar-refractivity contribution >= 4 is 11.0 Å². The van der Waals surface area contributed by atoms with Crippen LogP contribution < -0.4 is 4.72 Å². The zero-order valence-electron chi connectivity index (χ0n) is 12.3. The van der Waals surface area contributed by atoms with Crippen LogP contribution in [0.25, 0.3) is 0 Å². The third kappa shape index (κ3) is 4.06. The molecule has 0 unspecified atom stereocenters. The van der Waals surface area contributed by atoms with Crippen LogP contribution in [0.2, 0.25) is 0 Å². The first-order valence-electron chi connectivity index (χ1n) is 6.29. The summed E-state index contributed by atoms with van der Waals surface area (Å²) in [6, 6.07) is 3.23. The van der Waals surface area contributed by atoms with Gasteiger partial charge in [0.05, 0.1) is 21.3 Å². The lowest BCUT2D eigenvalue weighted by atomic mass is 10.0. The molecule has 0 radical (unpaired) electrons. The maximum Gasteiger partial charge on any atom is 0.273 e. The minimum Gasteiger partial charge on any atom is -0.242 e. The summed E-state index contributed by atoms with van der Waals surface area (Å²) in [5.74, 6) is -4.20. The van der Waals surface area contributed by atoms with E-state index in [-0.39, 0.29) is 5.56 Å². The highest BCUT2D eigenvalue weighted by atomic mass is 32.2. The van der Waals surface area contributed by atoms with Crippen molar-refractivity contribution in [3.8, 4) is 0 Å². The molecule has 0 aliphatic heterocycles. The molecule has 1 aromatic carbocycles. The van der Waals surface area contributed by atoms with Gasteiger partial charge in [-0.1, -0.05) is 18.2 Å². The first kappa shape index (κ1) is 17.2. The van der Waals surface area contributed by atoms with Crippen molar-refractivity contribution in [1.29, 1.82) is 0 Å². The Hall–Kier alpha value is -0.880. The van der Waals surface area contributed by atoms with Crippen molar-refractivity contribution in [2.24, 2.45) is 0 Å². The van der Waals surface area contributed by atoms with Crippen LogP contribution in [0.3, 0.4) is 0 Å². The maximum atomic E-state index is 14.1. The molecule has 1 N–H and O–H groups in total. The highest BCUT2D eigenvalue weighted by molar-refractivity contribution is 7.84. The fraction of sp³-hybridized carbons (Fsp3) is 0.571. The number of hydrogen-bond donors (Lipinski definition) is 1. The molecular formula is C14H20F3NOS. The molecule has 0 fully saturated rings. The summed E-state index contributed by atoms with van der Waals surface area (Å²) < 4.78 is 54.9. The Morgan fingerprint density at radius 2 is 1.75 bits per heavy atom. The predicted octanol–water partition coefficient (Wildman–Crippen LogP) is 4.05. The van der Waals surface area contributed by atoms with Crippen LogP contribution in [0.5, 0.6) is 0 Å². The van der Waals surface area contributed by atoms with Gasteiger partial charge in [0, 0.05) is 18.5 Å². The summed E-state index contributed by atoms with van der Waals surface area (Å²) in [4.78, 5) is 0. The quantitative estimate of drug-likeness (QED) is 0.893. The van der Waals surface area contributed by atoms with Gasteiger partial charge < -0.3 is 0 Å². The molecule has 2 nitrogen and oxygen atoms in total. The molecule has 2 atom stereocenters. The minimum absolute atomic E-state index is 0.0848. The van der Waals surface area contributed by atoms with E-state index < -0.39 is 39.1 Å². The van der Waals surface area contributed by atoms with Crippen molar-refractivity contribution in [2.45, 2.75) is 51.3 Å². The van der Waals surface area contributed by atoms with E-state index in [1.807, 2.05) is 0 Å². The first-order valence-corrected chi connectivity index (χ1v) is 7.44. The van der Waals surface area contributed by atoms with Crippen LogP contribution in [0.1, 0.15) is 51.8 Å². The zero-order valence-corrected chi connectivity index (χ0v) is 13.1. The largest absolute Gasteiger partial charge is 0.273 e. The van der Waals surface area contributed by atoms with Gasteiger partial charge >= 0.3 is 0 Å². The Balaban J connectivity index is 3.07. The fourth-order valence-corrected chi connectivity index (χ4v) is 2.43.